The second-order valence-corrected chi connectivity index (χ2v) is 4.56. The Hall–Kier alpha value is -2.63. The molecule has 0 aliphatic rings. The van der Waals surface area contributed by atoms with Crippen molar-refractivity contribution < 1.29 is 0 Å². The summed E-state index contributed by atoms with van der Waals surface area (Å²) in [6.45, 7) is 0.830. The number of fused-ring (bicyclic) bond motifs is 1. The highest BCUT2D eigenvalue weighted by molar-refractivity contribution is 5.96. The fourth-order valence-electron chi connectivity index (χ4n) is 2.16. The first-order valence-corrected chi connectivity index (χ1v) is 6.56. The maximum atomic E-state index is 6.16. The van der Waals surface area contributed by atoms with Crippen molar-refractivity contribution in [3.8, 4) is 0 Å². The predicted octanol–water partition coefficient (Wildman–Crippen LogP) is 1.98. The van der Waals surface area contributed by atoms with E-state index in [9.17, 15) is 0 Å². The van der Waals surface area contributed by atoms with Crippen LogP contribution in [0, 0.1) is 0 Å². The lowest BCUT2D eigenvalue weighted by atomic mass is 10.1. The van der Waals surface area contributed by atoms with E-state index in [4.69, 9.17) is 5.73 Å². The fraction of sp³-hybridized carbons (Fsp3) is 0.214. The SMILES string of the molecule is Nc1c(NCCCc2ncn[nH]2)ccc2ncccc12. The lowest BCUT2D eigenvalue weighted by Crippen LogP contribution is -2.06. The highest BCUT2D eigenvalue weighted by atomic mass is 15.2. The van der Waals surface area contributed by atoms with E-state index in [1.807, 2.05) is 24.3 Å². The molecule has 0 spiro atoms. The Morgan fingerprint density at radius 1 is 1.20 bits per heavy atom. The van der Waals surface area contributed by atoms with Crippen molar-refractivity contribution in [2.45, 2.75) is 12.8 Å². The van der Waals surface area contributed by atoms with Crippen LogP contribution in [-0.2, 0) is 6.42 Å². The van der Waals surface area contributed by atoms with Gasteiger partial charge in [-0.15, -0.1) is 0 Å². The van der Waals surface area contributed by atoms with Crippen LogP contribution in [0.15, 0.2) is 36.8 Å². The maximum Gasteiger partial charge on any atom is 0.137 e. The van der Waals surface area contributed by atoms with Crippen LogP contribution in [0.4, 0.5) is 11.4 Å². The van der Waals surface area contributed by atoms with Crippen LogP contribution in [0.3, 0.4) is 0 Å². The normalized spacial score (nSPS) is 10.8. The predicted molar refractivity (Wildman–Crippen MR) is 79.3 cm³/mol. The Bertz CT molecular complexity index is 692. The number of pyridine rings is 1. The van der Waals surface area contributed by atoms with Crippen molar-refractivity contribution in [2.75, 3.05) is 17.6 Å². The zero-order valence-electron chi connectivity index (χ0n) is 11.0. The Morgan fingerprint density at radius 3 is 3.00 bits per heavy atom. The number of nitrogens with one attached hydrogen (secondary N) is 2. The Labute approximate surface area is 116 Å². The van der Waals surface area contributed by atoms with Crippen molar-refractivity contribution >= 4 is 22.3 Å². The fourth-order valence-corrected chi connectivity index (χ4v) is 2.16. The number of aryl methyl sites for hydroxylation is 1. The summed E-state index contributed by atoms with van der Waals surface area (Å²) >= 11 is 0. The third-order valence-corrected chi connectivity index (χ3v) is 3.20. The van der Waals surface area contributed by atoms with Gasteiger partial charge in [0.15, 0.2) is 0 Å². The monoisotopic (exact) mass is 268 g/mol. The molecule has 6 nitrogen and oxygen atoms in total. The molecule has 0 amide bonds. The van der Waals surface area contributed by atoms with E-state index < -0.39 is 0 Å². The standard InChI is InChI=1S/C14H16N6/c15-14-10-3-1-7-16-11(10)5-6-12(14)17-8-2-4-13-18-9-19-20-13/h1,3,5-7,9,17H,2,4,8,15H2,(H,18,19,20). The number of anilines is 2. The zero-order valence-corrected chi connectivity index (χ0v) is 11.0. The number of aromatic amines is 1. The Kier molecular flexibility index (Phi) is 3.45. The van der Waals surface area contributed by atoms with Crippen LogP contribution in [0.2, 0.25) is 0 Å². The van der Waals surface area contributed by atoms with Crippen molar-refractivity contribution in [1.29, 1.82) is 0 Å². The number of benzene rings is 1. The molecule has 3 aromatic rings. The second-order valence-electron chi connectivity index (χ2n) is 4.56. The summed E-state index contributed by atoms with van der Waals surface area (Å²) in [5.74, 6) is 0.905. The van der Waals surface area contributed by atoms with Gasteiger partial charge < -0.3 is 11.1 Å². The molecule has 2 heterocycles. The van der Waals surface area contributed by atoms with Gasteiger partial charge in [0.1, 0.15) is 12.2 Å². The van der Waals surface area contributed by atoms with Gasteiger partial charge in [-0.1, -0.05) is 0 Å². The first-order chi connectivity index (χ1) is 9.84. The lowest BCUT2D eigenvalue weighted by Gasteiger charge is -2.10. The number of H-pyrrole nitrogens is 1. The summed E-state index contributed by atoms with van der Waals surface area (Å²) in [5.41, 5.74) is 8.77. The molecule has 4 N–H and O–H groups in total. The number of hydrogen-bond donors (Lipinski definition) is 3. The van der Waals surface area contributed by atoms with E-state index in [0.717, 1.165) is 47.5 Å². The summed E-state index contributed by atoms with van der Waals surface area (Å²) in [7, 11) is 0. The van der Waals surface area contributed by atoms with Crippen LogP contribution >= 0.6 is 0 Å². The van der Waals surface area contributed by atoms with Gasteiger partial charge in [-0.3, -0.25) is 10.1 Å². The van der Waals surface area contributed by atoms with E-state index in [1.54, 1.807) is 6.20 Å². The molecule has 1 aromatic carbocycles. The van der Waals surface area contributed by atoms with Gasteiger partial charge in [0.25, 0.3) is 0 Å². The van der Waals surface area contributed by atoms with Gasteiger partial charge in [-0.05, 0) is 30.7 Å². The van der Waals surface area contributed by atoms with Crippen molar-refractivity contribution in [1.82, 2.24) is 20.2 Å². The Balaban J connectivity index is 1.64. The van der Waals surface area contributed by atoms with Crippen LogP contribution in [0.1, 0.15) is 12.2 Å². The number of nitrogens with zero attached hydrogens (tertiary/aromatic N) is 3. The Morgan fingerprint density at radius 2 is 2.15 bits per heavy atom. The summed E-state index contributed by atoms with van der Waals surface area (Å²) in [5, 5.41) is 11.0. The topological polar surface area (TPSA) is 92.5 Å². The van der Waals surface area contributed by atoms with Gasteiger partial charge in [-0.2, -0.15) is 5.10 Å². The highest BCUT2D eigenvalue weighted by Gasteiger charge is 2.04. The number of aromatic nitrogens is 4. The molecule has 6 heteroatoms. The van der Waals surface area contributed by atoms with E-state index >= 15 is 0 Å². The molecule has 0 saturated heterocycles. The minimum absolute atomic E-state index is 0.746. The number of nitrogen functional groups attached to an aromatic ring is 1. The van der Waals surface area contributed by atoms with Crippen molar-refractivity contribution in [3.63, 3.8) is 0 Å². The van der Waals surface area contributed by atoms with E-state index in [0.29, 0.717) is 0 Å². The molecule has 102 valence electrons. The number of hydrogen-bond acceptors (Lipinski definition) is 5. The highest BCUT2D eigenvalue weighted by Crippen LogP contribution is 2.27. The molecule has 0 fully saturated rings. The average Bonchev–Trinajstić information content (AvgIpc) is 2.99. The first-order valence-electron chi connectivity index (χ1n) is 6.56. The summed E-state index contributed by atoms with van der Waals surface area (Å²) in [4.78, 5) is 8.38. The van der Waals surface area contributed by atoms with Crippen LogP contribution < -0.4 is 11.1 Å². The summed E-state index contributed by atoms with van der Waals surface area (Å²) < 4.78 is 0. The average molecular weight is 268 g/mol. The molecule has 0 bridgehead atoms. The molecule has 2 aromatic heterocycles. The summed E-state index contributed by atoms with van der Waals surface area (Å²) in [6, 6.07) is 7.83. The third kappa shape index (κ3) is 2.54. The van der Waals surface area contributed by atoms with Gasteiger partial charge in [0.05, 0.1) is 16.9 Å². The molecule has 3 rings (SSSR count). The van der Waals surface area contributed by atoms with Gasteiger partial charge in [0, 0.05) is 24.5 Å². The smallest absolute Gasteiger partial charge is 0.137 e. The molecule has 0 aliphatic heterocycles. The van der Waals surface area contributed by atoms with E-state index in [-0.39, 0.29) is 0 Å². The quantitative estimate of drug-likeness (QED) is 0.486. The van der Waals surface area contributed by atoms with E-state index in [2.05, 4.69) is 25.5 Å². The maximum absolute atomic E-state index is 6.16. The molecule has 0 saturated carbocycles. The number of nitrogens with two attached hydrogens (primary N) is 1. The molecule has 0 unspecified atom stereocenters. The summed E-state index contributed by atoms with van der Waals surface area (Å²) in [6.07, 6.45) is 5.12. The van der Waals surface area contributed by atoms with Crippen molar-refractivity contribution in [3.05, 3.63) is 42.6 Å². The lowest BCUT2D eigenvalue weighted by molar-refractivity contribution is 0.806. The van der Waals surface area contributed by atoms with Crippen LogP contribution in [-0.4, -0.2) is 26.7 Å². The minimum atomic E-state index is 0.746. The first kappa shape index (κ1) is 12.4. The molecule has 0 aliphatic carbocycles. The molecular formula is C14H16N6. The minimum Gasteiger partial charge on any atom is -0.397 e. The largest absolute Gasteiger partial charge is 0.397 e. The molecular weight excluding hydrogens is 252 g/mol. The van der Waals surface area contributed by atoms with Crippen LogP contribution in [0.25, 0.3) is 10.9 Å². The van der Waals surface area contributed by atoms with Gasteiger partial charge in [-0.25, -0.2) is 4.98 Å². The number of rotatable bonds is 5. The third-order valence-electron chi connectivity index (χ3n) is 3.20. The molecule has 0 atom stereocenters. The molecule has 20 heavy (non-hydrogen) atoms. The van der Waals surface area contributed by atoms with Crippen molar-refractivity contribution in [2.24, 2.45) is 0 Å². The van der Waals surface area contributed by atoms with Gasteiger partial charge in [0.2, 0.25) is 0 Å². The van der Waals surface area contributed by atoms with E-state index in [1.165, 1.54) is 6.33 Å². The van der Waals surface area contributed by atoms with Gasteiger partial charge >= 0.3 is 0 Å². The second kappa shape index (κ2) is 5.56. The zero-order chi connectivity index (χ0) is 13.8. The molecule has 0 radical (unpaired) electrons. The van der Waals surface area contributed by atoms with Crippen LogP contribution in [0.5, 0.6) is 0 Å².